The van der Waals surface area contributed by atoms with Gasteiger partial charge in [-0.25, -0.2) is 9.78 Å². The van der Waals surface area contributed by atoms with Gasteiger partial charge >= 0.3 is 6.03 Å². The molecule has 8 heteroatoms. The lowest BCUT2D eigenvalue weighted by atomic mass is 10.0. The molecule has 0 spiro atoms. The number of hydrogen-bond acceptors (Lipinski definition) is 4. The number of rotatable bonds is 5. The van der Waals surface area contributed by atoms with Gasteiger partial charge in [-0.2, -0.15) is 0 Å². The van der Waals surface area contributed by atoms with Crippen LogP contribution in [0.5, 0.6) is 0 Å². The average molecular weight is 364 g/mol. The second-order valence-electron chi connectivity index (χ2n) is 8.42. The van der Waals surface area contributed by atoms with Crippen LogP contribution in [0.2, 0.25) is 0 Å². The van der Waals surface area contributed by atoms with Gasteiger partial charge < -0.3 is 25.4 Å². The minimum Gasteiger partial charge on any atom is -0.354 e. The Morgan fingerprint density at radius 2 is 2.00 bits per heavy atom. The Morgan fingerprint density at radius 1 is 1.27 bits per heavy atom. The predicted molar refractivity (Wildman–Crippen MR) is 101 cm³/mol. The zero-order valence-electron chi connectivity index (χ0n) is 16.5. The summed E-state index contributed by atoms with van der Waals surface area (Å²) >= 11 is 0. The standard InChI is InChI=1S/C18H32N6O2/c1-17(2,3)22-16(26)24-11-9-19-12-14(24)15(25)21-7-6-18(4,5)23-10-8-20-13-23/h8,10,13-14,19H,6-7,9,11-12H2,1-5H3,(H,21,25)(H,22,26)/t14-/m1/s1. The van der Waals surface area contributed by atoms with Crippen molar-refractivity contribution in [2.24, 2.45) is 0 Å². The van der Waals surface area contributed by atoms with E-state index in [1.807, 2.05) is 31.5 Å². The van der Waals surface area contributed by atoms with Crippen LogP contribution in [-0.4, -0.2) is 64.1 Å². The molecular weight excluding hydrogens is 332 g/mol. The van der Waals surface area contributed by atoms with Gasteiger partial charge in [0.05, 0.1) is 6.33 Å². The first kappa shape index (κ1) is 20.2. The number of nitrogens with zero attached hydrogens (tertiary/aromatic N) is 3. The van der Waals surface area contributed by atoms with Gasteiger partial charge in [-0.1, -0.05) is 0 Å². The van der Waals surface area contributed by atoms with E-state index >= 15 is 0 Å². The number of urea groups is 1. The smallest absolute Gasteiger partial charge is 0.318 e. The highest BCUT2D eigenvalue weighted by atomic mass is 16.2. The molecule has 26 heavy (non-hydrogen) atoms. The van der Waals surface area contributed by atoms with Crippen molar-refractivity contribution >= 4 is 11.9 Å². The molecule has 2 rings (SSSR count). The molecular formula is C18H32N6O2. The van der Waals surface area contributed by atoms with Gasteiger partial charge in [0.25, 0.3) is 0 Å². The summed E-state index contributed by atoms with van der Waals surface area (Å²) in [5, 5.41) is 9.12. The number of aromatic nitrogens is 2. The lowest BCUT2D eigenvalue weighted by Gasteiger charge is -2.37. The van der Waals surface area contributed by atoms with Crippen molar-refractivity contribution in [3.63, 3.8) is 0 Å². The Bertz CT molecular complexity index is 606. The van der Waals surface area contributed by atoms with Crippen molar-refractivity contribution < 1.29 is 9.59 Å². The highest BCUT2D eigenvalue weighted by Crippen LogP contribution is 2.18. The summed E-state index contributed by atoms with van der Waals surface area (Å²) < 4.78 is 2.03. The van der Waals surface area contributed by atoms with Crippen LogP contribution in [0.4, 0.5) is 4.79 Å². The second kappa shape index (κ2) is 8.07. The molecule has 3 amide bonds. The van der Waals surface area contributed by atoms with Crippen LogP contribution in [0.1, 0.15) is 41.0 Å². The molecule has 0 aromatic carbocycles. The van der Waals surface area contributed by atoms with E-state index in [0.717, 1.165) is 6.42 Å². The third-order valence-corrected chi connectivity index (χ3v) is 4.53. The van der Waals surface area contributed by atoms with Crippen molar-refractivity contribution in [1.29, 1.82) is 0 Å². The van der Waals surface area contributed by atoms with Gasteiger partial charge in [0.15, 0.2) is 0 Å². The molecule has 146 valence electrons. The minimum absolute atomic E-state index is 0.123. The molecule has 2 heterocycles. The summed E-state index contributed by atoms with van der Waals surface area (Å²) in [6, 6.07) is -0.694. The first-order valence-corrected chi connectivity index (χ1v) is 9.16. The van der Waals surface area contributed by atoms with Crippen LogP contribution < -0.4 is 16.0 Å². The van der Waals surface area contributed by atoms with E-state index < -0.39 is 6.04 Å². The molecule has 1 saturated heterocycles. The van der Waals surface area contributed by atoms with Gasteiger partial charge in [0, 0.05) is 49.7 Å². The first-order valence-electron chi connectivity index (χ1n) is 9.16. The maximum absolute atomic E-state index is 12.7. The lowest BCUT2D eigenvalue weighted by Crippen LogP contribution is -2.63. The largest absolute Gasteiger partial charge is 0.354 e. The first-order chi connectivity index (χ1) is 12.1. The molecule has 0 radical (unpaired) electrons. The maximum Gasteiger partial charge on any atom is 0.318 e. The quantitative estimate of drug-likeness (QED) is 0.724. The molecule has 1 aromatic rings. The number of carbonyl (C=O) groups excluding carboxylic acids is 2. The fraction of sp³-hybridized carbons (Fsp3) is 0.722. The van der Waals surface area contributed by atoms with E-state index in [0.29, 0.717) is 26.2 Å². The number of nitrogens with one attached hydrogen (secondary N) is 3. The van der Waals surface area contributed by atoms with Crippen molar-refractivity contribution in [3.8, 4) is 0 Å². The van der Waals surface area contributed by atoms with Gasteiger partial charge in [0.1, 0.15) is 6.04 Å². The molecule has 1 aliphatic rings. The summed E-state index contributed by atoms with van der Waals surface area (Å²) in [5.41, 5.74) is -0.476. The minimum atomic E-state index is -0.498. The Balaban J connectivity index is 1.91. The van der Waals surface area contributed by atoms with Crippen LogP contribution >= 0.6 is 0 Å². The van der Waals surface area contributed by atoms with E-state index in [1.165, 1.54) is 0 Å². The molecule has 0 unspecified atom stereocenters. The normalized spacial score (nSPS) is 18.5. The highest BCUT2D eigenvalue weighted by Gasteiger charge is 2.33. The molecule has 0 bridgehead atoms. The molecule has 8 nitrogen and oxygen atoms in total. The number of imidazole rings is 1. The maximum atomic E-state index is 12.7. The Labute approximate surface area is 155 Å². The summed E-state index contributed by atoms with van der Waals surface area (Å²) in [7, 11) is 0. The van der Waals surface area contributed by atoms with Crippen LogP contribution in [0.3, 0.4) is 0 Å². The Kier molecular flexibility index (Phi) is 6.28. The fourth-order valence-corrected chi connectivity index (χ4v) is 2.93. The molecule has 1 atom stereocenters. The molecule has 0 aliphatic carbocycles. The summed E-state index contributed by atoms with van der Waals surface area (Å²) in [6.07, 6.45) is 6.22. The summed E-state index contributed by atoms with van der Waals surface area (Å²) in [4.78, 5) is 30.9. The van der Waals surface area contributed by atoms with Gasteiger partial charge in [-0.15, -0.1) is 0 Å². The van der Waals surface area contributed by atoms with E-state index in [1.54, 1.807) is 17.4 Å². The topological polar surface area (TPSA) is 91.3 Å². The van der Waals surface area contributed by atoms with E-state index in [9.17, 15) is 9.59 Å². The summed E-state index contributed by atoms with van der Waals surface area (Å²) in [6.45, 7) is 12.2. The van der Waals surface area contributed by atoms with Crippen LogP contribution in [0, 0.1) is 0 Å². The number of amides is 3. The van der Waals surface area contributed by atoms with E-state index in [4.69, 9.17) is 0 Å². The van der Waals surface area contributed by atoms with Crippen molar-refractivity contribution in [2.45, 2.75) is 58.2 Å². The highest BCUT2D eigenvalue weighted by molar-refractivity contribution is 5.87. The summed E-state index contributed by atoms with van der Waals surface area (Å²) in [5.74, 6) is -0.123. The van der Waals surface area contributed by atoms with Crippen LogP contribution in [-0.2, 0) is 10.3 Å². The lowest BCUT2D eigenvalue weighted by molar-refractivity contribution is -0.126. The zero-order valence-corrected chi connectivity index (χ0v) is 16.5. The van der Waals surface area contributed by atoms with Gasteiger partial charge in [-0.05, 0) is 41.0 Å². The number of hydrogen-bond donors (Lipinski definition) is 3. The number of piperazine rings is 1. The predicted octanol–water partition coefficient (Wildman–Crippen LogP) is 0.906. The molecule has 1 aromatic heterocycles. The molecule has 3 N–H and O–H groups in total. The molecule has 0 saturated carbocycles. The van der Waals surface area contributed by atoms with Gasteiger partial charge in [-0.3, -0.25) is 4.79 Å². The van der Waals surface area contributed by atoms with Gasteiger partial charge in [0.2, 0.25) is 5.91 Å². The second-order valence-corrected chi connectivity index (χ2v) is 8.42. The SMILES string of the molecule is CC(C)(C)NC(=O)N1CCNC[C@@H]1C(=O)NCCC(C)(C)n1ccnc1. The fourth-order valence-electron chi connectivity index (χ4n) is 2.93. The molecule has 1 aliphatic heterocycles. The monoisotopic (exact) mass is 364 g/mol. The van der Waals surface area contributed by atoms with Crippen molar-refractivity contribution in [2.75, 3.05) is 26.2 Å². The Morgan fingerprint density at radius 3 is 2.62 bits per heavy atom. The van der Waals surface area contributed by atoms with Crippen LogP contribution in [0.25, 0.3) is 0 Å². The third-order valence-electron chi connectivity index (χ3n) is 4.53. The van der Waals surface area contributed by atoms with E-state index in [2.05, 4.69) is 34.8 Å². The van der Waals surface area contributed by atoms with Crippen LogP contribution in [0.15, 0.2) is 18.7 Å². The van der Waals surface area contributed by atoms with Crippen molar-refractivity contribution in [3.05, 3.63) is 18.7 Å². The van der Waals surface area contributed by atoms with Crippen molar-refractivity contribution in [1.82, 2.24) is 30.4 Å². The van der Waals surface area contributed by atoms with E-state index in [-0.39, 0.29) is 23.0 Å². The third kappa shape index (κ3) is 5.45. The molecule has 1 fully saturated rings. The Hall–Kier alpha value is -2.09. The number of carbonyl (C=O) groups is 2. The zero-order chi connectivity index (χ0) is 19.4. The average Bonchev–Trinajstić information content (AvgIpc) is 3.08.